The summed E-state index contributed by atoms with van der Waals surface area (Å²) in [5.41, 5.74) is 1.05. The maximum absolute atomic E-state index is 11.8. The molecule has 1 aromatic carbocycles. The molecule has 2 N–H and O–H groups in total. The smallest absolute Gasteiger partial charge is 0.225 e. The Morgan fingerprint density at radius 2 is 2.05 bits per heavy atom. The standard InChI is InChI=1S/C16H18N2O3/c1-2-21-13-8-5-12(6-9-13)7-10-15(20)18-16-14(19)4-3-11-17-16/h3-6,8-9,11,19H,2,7,10H2,1H3,(H,17,18,20). The number of ether oxygens (including phenoxy) is 1. The lowest BCUT2D eigenvalue weighted by molar-refractivity contribution is -0.116. The van der Waals surface area contributed by atoms with Gasteiger partial charge in [-0.25, -0.2) is 4.98 Å². The summed E-state index contributed by atoms with van der Waals surface area (Å²) in [6, 6.07) is 10.7. The van der Waals surface area contributed by atoms with E-state index in [9.17, 15) is 9.90 Å². The molecule has 0 fully saturated rings. The molecule has 5 nitrogen and oxygen atoms in total. The molecule has 0 aliphatic heterocycles. The average molecular weight is 286 g/mol. The number of anilines is 1. The molecule has 0 bridgehead atoms. The van der Waals surface area contributed by atoms with Crippen LogP contribution in [0.25, 0.3) is 0 Å². The van der Waals surface area contributed by atoms with Gasteiger partial charge in [0, 0.05) is 12.6 Å². The number of nitrogens with zero attached hydrogens (tertiary/aromatic N) is 1. The number of benzene rings is 1. The van der Waals surface area contributed by atoms with Crippen molar-refractivity contribution >= 4 is 11.7 Å². The van der Waals surface area contributed by atoms with Gasteiger partial charge in [-0.15, -0.1) is 0 Å². The Morgan fingerprint density at radius 3 is 2.71 bits per heavy atom. The topological polar surface area (TPSA) is 71.5 Å². The summed E-state index contributed by atoms with van der Waals surface area (Å²) in [7, 11) is 0. The summed E-state index contributed by atoms with van der Waals surface area (Å²) in [4.78, 5) is 15.7. The van der Waals surface area contributed by atoms with Gasteiger partial charge in [0.2, 0.25) is 5.91 Å². The molecule has 0 aliphatic carbocycles. The first-order valence-electron chi connectivity index (χ1n) is 6.84. The summed E-state index contributed by atoms with van der Waals surface area (Å²) >= 11 is 0. The van der Waals surface area contributed by atoms with Crippen LogP contribution in [0.1, 0.15) is 18.9 Å². The Hall–Kier alpha value is -2.56. The van der Waals surface area contributed by atoms with Gasteiger partial charge in [0.15, 0.2) is 11.6 Å². The molecule has 0 spiro atoms. The predicted octanol–water partition coefficient (Wildman–Crippen LogP) is 2.76. The number of pyridine rings is 1. The molecule has 1 aromatic heterocycles. The van der Waals surface area contributed by atoms with Crippen molar-refractivity contribution in [3.63, 3.8) is 0 Å². The molecule has 2 rings (SSSR count). The first-order chi connectivity index (χ1) is 10.2. The van der Waals surface area contributed by atoms with Gasteiger partial charge < -0.3 is 15.2 Å². The third kappa shape index (κ3) is 4.49. The zero-order valence-electron chi connectivity index (χ0n) is 11.9. The van der Waals surface area contributed by atoms with E-state index in [-0.39, 0.29) is 17.5 Å². The third-order valence-electron chi connectivity index (χ3n) is 2.92. The van der Waals surface area contributed by atoms with E-state index in [2.05, 4.69) is 10.3 Å². The average Bonchev–Trinajstić information content (AvgIpc) is 2.49. The van der Waals surface area contributed by atoms with Crippen LogP contribution >= 0.6 is 0 Å². The molecule has 0 atom stereocenters. The van der Waals surface area contributed by atoms with E-state index in [0.717, 1.165) is 11.3 Å². The second-order valence-electron chi connectivity index (χ2n) is 4.50. The number of aryl methyl sites for hydroxylation is 1. The van der Waals surface area contributed by atoms with Gasteiger partial charge in [0.25, 0.3) is 0 Å². The Kier molecular flexibility index (Phi) is 5.15. The molecule has 21 heavy (non-hydrogen) atoms. The van der Waals surface area contributed by atoms with Crippen molar-refractivity contribution in [2.24, 2.45) is 0 Å². The van der Waals surface area contributed by atoms with Crippen molar-refractivity contribution in [3.05, 3.63) is 48.2 Å². The van der Waals surface area contributed by atoms with Crippen LogP contribution in [0.2, 0.25) is 0 Å². The summed E-state index contributed by atoms with van der Waals surface area (Å²) in [6.45, 7) is 2.57. The molecule has 0 radical (unpaired) electrons. The van der Waals surface area contributed by atoms with Crippen molar-refractivity contribution in [2.75, 3.05) is 11.9 Å². The lowest BCUT2D eigenvalue weighted by Gasteiger charge is -2.07. The quantitative estimate of drug-likeness (QED) is 0.856. The van der Waals surface area contributed by atoms with Crippen LogP contribution in [0.3, 0.4) is 0 Å². The number of rotatable bonds is 6. The highest BCUT2D eigenvalue weighted by Crippen LogP contribution is 2.19. The van der Waals surface area contributed by atoms with Gasteiger partial charge in [-0.3, -0.25) is 4.79 Å². The Balaban J connectivity index is 1.85. The third-order valence-corrected chi connectivity index (χ3v) is 2.92. The van der Waals surface area contributed by atoms with Crippen molar-refractivity contribution in [1.82, 2.24) is 4.98 Å². The highest BCUT2D eigenvalue weighted by molar-refractivity contribution is 5.91. The van der Waals surface area contributed by atoms with Gasteiger partial charge in [-0.2, -0.15) is 0 Å². The van der Waals surface area contributed by atoms with E-state index >= 15 is 0 Å². The van der Waals surface area contributed by atoms with Crippen LogP contribution in [0.5, 0.6) is 11.5 Å². The molecular weight excluding hydrogens is 268 g/mol. The van der Waals surface area contributed by atoms with E-state index in [4.69, 9.17) is 4.74 Å². The molecule has 1 heterocycles. The van der Waals surface area contributed by atoms with Crippen LogP contribution in [-0.2, 0) is 11.2 Å². The number of aromatic nitrogens is 1. The largest absolute Gasteiger partial charge is 0.504 e. The van der Waals surface area contributed by atoms with Crippen molar-refractivity contribution in [1.29, 1.82) is 0 Å². The molecule has 0 unspecified atom stereocenters. The minimum atomic E-state index is -0.183. The number of amides is 1. The molecule has 2 aromatic rings. The molecule has 0 saturated carbocycles. The molecule has 5 heteroatoms. The fraction of sp³-hybridized carbons (Fsp3) is 0.250. The summed E-state index contributed by atoms with van der Waals surface area (Å²) in [6.07, 6.45) is 2.46. The van der Waals surface area contributed by atoms with Gasteiger partial charge in [-0.05, 0) is 43.2 Å². The lowest BCUT2D eigenvalue weighted by atomic mass is 10.1. The Bertz CT molecular complexity index is 597. The zero-order valence-corrected chi connectivity index (χ0v) is 11.9. The van der Waals surface area contributed by atoms with E-state index in [0.29, 0.717) is 19.4 Å². The number of aromatic hydroxyl groups is 1. The highest BCUT2D eigenvalue weighted by Gasteiger charge is 2.07. The Morgan fingerprint density at radius 1 is 1.29 bits per heavy atom. The number of carbonyl (C=O) groups excluding carboxylic acids is 1. The molecule has 0 aliphatic rings. The second-order valence-corrected chi connectivity index (χ2v) is 4.50. The minimum absolute atomic E-state index is 0.0353. The van der Waals surface area contributed by atoms with E-state index in [1.54, 1.807) is 6.07 Å². The van der Waals surface area contributed by atoms with E-state index in [1.807, 2.05) is 31.2 Å². The molecular formula is C16H18N2O3. The number of carbonyl (C=O) groups is 1. The van der Waals surface area contributed by atoms with Gasteiger partial charge >= 0.3 is 0 Å². The summed E-state index contributed by atoms with van der Waals surface area (Å²) in [5, 5.41) is 12.1. The van der Waals surface area contributed by atoms with Crippen LogP contribution in [-0.4, -0.2) is 22.6 Å². The fourth-order valence-corrected chi connectivity index (χ4v) is 1.86. The zero-order chi connectivity index (χ0) is 15.1. The van der Waals surface area contributed by atoms with Gasteiger partial charge in [-0.1, -0.05) is 12.1 Å². The number of nitrogens with one attached hydrogen (secondary N) is 1. The normalized spacial score (nSPS) is 10.1. The highest BCUT2D eigenvalue weighted by atomic mass is 16.5. The van der Waals surface area contributed by atoms with Crippen LogP contribution in [0.15, 0.2) is 42.6 Å². The van der Waals surface area contributed by atoms with E-state index in [1.165, 1.54) is 12.3 Å². The fourth-order valence-electron chi connectivity index (χ4n) is 1.86. The monoisotopic (exact) mass is 286 g/mol. The maximum atomic E-state index is 11.8. The predicted molar refractivity (Wildman–Crippen MR) is 80.5 cm³/mol. The Labute approximate surface area is 123 Å². The lowest BCUT2D eigenvalue weighted by Crippen LogP contribution is -2.13. The minimum Gasteiger partial charge on any atom is -0.504 e. The first-order valence-corrected chi connectivity index (χ1v) is 6.84. The second kappa shape index (κ2) is 7.28. The van der Waals surface area contributed by atoms with Crippen LogP contribution in [0.4, 0.5) is 5.82 Å². The SMILES string of the molecule is CCOc1ccc(CCC(=O)Nc2ncccc2O)cc1. The summed E-state index contributed by atoms with van der Waals surface area (Å²) in [5.74, 6) is 0.795. The van der Waals surface area contributed by atoms with Crippen molar-refractivity contribution in [3.8, 4) is 11.5 Å². The first kappa shape index (κ1) is 14.8. The number of hydrogen-bond acceptors (Lipinski definition) is 4. The van der Waals surface area contributed by atoms with Crippen molar-refractivity contribution < 1.29 is 14.6 Å². The van der Waals surface area contributed by atoms with Crippen molar-refractivity contribution in [2.45, 2.75) is 19.8 Å². The van der Waals surface area contributed by atoms with Gasteiger partial charge in [0.1, 0.15) is 5.75 Å². The molecule has 0 saturated heterocycles. The summed E-state index contributed by atoms with van der Waals surface area (Å²) < 4.78 is 5.36. The van der Waals surface area contributed by atoms with Gasteiger partial charge in [0.05, 0.1) is 6.61 Å². The molecule has 1 amide bonds. The van der Waals surface area contributed by atoms with Crippen LogP contribution in [0, 0.1) is 0 Å². The van der Waals surface area contributed by atoms with Crippen LogP contribution < -0.4 is 10.1 Å². The molecule has 110 valence electrons. The number of hydrogen-bond donors (Lipinski definition) is 2. The maximum Gasteiger partial charge on any atom is 0.225 e. The van der Waals surface area contributed by atoms with E-state index < -0.39 is 0 Å².